The summed E-state index contributed by atoms with van der Waals surface area (Å²) in [6, 6.07) is 10.4. The van der Waals surface area contributed by atoms with E-state index in [0.717, 1.165) is 29.9 Å². The number of aromatic nitrogens is 2. The number of nitrogens with one attached hydrogen (secondary N) is 2. The zero-order valence-corrected chi connectivity index (χ0v) is 14.4. The zero-order valence-electron chi connectivity index (χ0n) is 14.4. The van der Waals surface area contributed by atoms with E-state index in [1.165, 1.54) is 0 Å². The van der Waals surface area contributed by atoms with E-state index >= 15 is 0 Å². The van der Waals surface area contributed by atoms with Crippen LogP contribution in [0.5, 0.6) is 0 Å². The minimum Gasteiger partial charge on any atom is -0.444 e. The van der Waals surface area contributed by atoms with Gasteiger partial charge in [0.15, 0.2) is 0 Å². The van der Waals surface area contributed by atoms with Gasteiger partial charge in [-0.2, -0.15) is 5.10 Å². The smallest absolute Gasteiger partial charge is 0.410 e. The Bertz CT molecular complexity index is 674. The number of ether oxygens (including phenoxy) is 1. The Labute approximate surface area is 142 Å². The van der Waals surface area contributed by atoms with E-state index in [4.69, 9.17) is 4.74 Å². The lowest BCUT2D eigenvalue weighted by atomic mass is 10.1. The Balaban J connectivity index is 1.55. The average molecular weight is 328 g/mol. The third-order valence-electron chi connectivity index (χ3n) is 3.91. The van der Waals surface area contributed by atoms with Crippen molar-refractivity contribution < 1.29 is 9.53 Å². The van der Waals surface area contributed by atoms with Crippen molar-refractivity contribution in [2.45, 2.75) is 38.8 Å². The van der Waals surface area contributed by atoms with E-state index in [9.17, 15) is 4.79 Å². The summed E-state index contributed by atoms with van der Waals surface area (Å²) in [6.45, 7) is 7.05. The second kappa shape index (κ2) is 6.55. The summed E-state index contributed by atoms with van der Waals surface area (Å²) in [6.07, 6.45) is 2.42. The number of nitrogens with zero attached hydrogens (tertiary/aromatic N) is 2. The Kier molecular flexibility index (Phi) is 4.46. The second-order valence-corrected chi connectivity index (χ2v) is 7.10. The molecular formula is C18H24N4O2. The molecule has 1 atom stereocenters. The molecule has 128 valence electrons. The molecule has 0 spiro atoms. The van der Waals surface area contributed by atoms with Gasteiger partial charge >= 0.3 is 6.09 Å². The molecule has 1 unspecified atom stereocenters. The van der Waals surface area contributed by atoms with Gasteiger partial charge in [0.05, 0.1) is 5.69 Å². The molecule has 0 saturated carbocycles. The highest BCUT2D eigenvalue weighted by Gasteiger charge is 2.29. The highest BCUT2D eigenvalue weighted by Crippen LogP contribution is 2.22. The van der Waals surface area contributed by atoms with Crippen LogP contribution in [0.3, 0.4) is 0 Å². The van der Waals surface area contributed by atoms with E-state index in [1.807, 2.05) is 39.0 Å². The van der Waals surface area contributed by atoms with Crippen LogP contribution >= 0.6 is 0 Å². The number of benzene rings is 1. The molecule has 0 aliphatic carbocycles. The van der Waals surface area contributed by atoms with Gasteiger partial charge in [-0.3, -0.25) is 5.10 Å². The molecule has 2 heterocycles. The third-order valence-corrected chi connectivity index (χ3v) is 3.91. The Morgan fingerprint density at radius 2 is 2.04 bits per heavy atom. The number of carbonyl (C=O) groups is 1. The van der Waals surface area contributed by atoms with Gasteiger partial charge in [-0.25, -0.2) is 4.79 Å². The summed E-state index contributed by atoms with van der Waals surface area (Å²) >= 11 is 0. The van der Waals surface area contributed by atoms with E-state index in [1.54, 1.807) is 11.1 Å². The lowest BCUT2D eigenvalue weighted by Gasteiger charge is -2.24. The number of anilines is 1. The predicted octanol–water partition coefficient (Wildman–Crippen LogP) is 3.50. The molecule has 1 aromatic heterocycles. The number of hydrogen-bond donors (Lipinski definition) is 2. The summed E-state index contributed by atoms with van der Waals surface area (Å²) in [7, 11) is 0. The second-order valence-electron chi connectivity index (χ2n) is 7.10. The van der Waals surface area contributed by atoms with Crippen molar-refractivity contribution in [3.63, 3.8) is 0 Å². The van der Waals surface area contributed by atoms with Crippen LogP contribution in [0.4, 0.5) is 10.5 Å². The summed E-state index contributed by atoms with van der Waals surface area (Å²) < 4.78 is 5.43. The number of aromatic amines is 1. The number of likely N-dealkylation sites (tertiary alicyclic amines) is 1. The van der Waals surface area contributed by atoms with Gasteiger partial charge in [0.25, 0.3) is 0 Å². The molecule has 3 rings (SSSR count). The molecule has 1 aliphatic rings. The number of amides is 1. The molecule has 0 radical (unpaired) electrons. The normalized spacial score (nSPS) is 17.8. The predicted molar refractivity (Wildman–Crippen MR) is 93.9 cm³/mol. The van der Waals surface area contributed by atoms with Crippen molar-refractivity contribution in [1.29, 1.82) is 0 Å². The van der Waals surface area contributed by atoms with Gasteiger partial charge < -0.3 is 15.0 Å². The van der Waals surface area contributed by atoms with Crippen LogP contribution in [-0.4, -0.2) is 45.9 Å². The Hall–Kier alpha value is -2.50. The quantitative estimate of drug-likeness (QED) is 0.905. The van der Waals surface area contributed by atoms with Gasteiger partial charge in [-0.15, -0.1) is 0 Å². The Morgan fingerprint density at radius 1 is 1.29 bits per heavy atom. The summed E-state index contributed by atoms with van der Waals surface area (Å²) in [5, 5.41) is 10.4. The van der Waals surface area contributed by atoms with Gasteiger partial charge in [0.1, 0.15) is 5.60 Å². The summed E-state index contributed by atoms with van der Waals surface area (Å²) in [4.78, 5) is 13.9. The van der Waals surface area contributed by atoms with Crippen LogP contribution in [0.15, 0.2) is 36.5 Å². The van der Waals surface area contributed by atoms with E-state index in [0.29, 0.717) is 6.54 Å². The van der Waals surface area contributed by atoms with Gasteiger partial charge in [0.2, 0.25) is 0 Å². The standard InChI is InChI=1S/C18H24N4O2/c1-18(2,3)24-17(23)22-11-9-15(12-22)20-14-6-4-13(5-7-14)16-8-10-19-21-16/h4-8,10,15,20H,9,11-12H2,1-3H3,(H,19,21). The van der Waals surface area contributed by atoms with Crippen molar-refractivity contribution >= 4 is 11.8 Å². The average Bonchev–Trinajstić information content (AvgIpc) is 3.17. The molecular weight excluding hydrogens is 304 g/mol. The third kappa shape index (κ3) is 4.07. The molecule has 6 heteroatoms. The summed E-state index contributed by atoms with van der Waals surface area (Å²) in [5.74, 6) is 0. The molecule has 1 saturated heterocycles. The molecule has 0 bridgehead atoms. The first-order valence-electron chi connectivity index (χ1n) is 8.25. The van der Waals surface area contributed by atoms with E-state index < -0.39 is 5.60 Å². The Morgan fingerprint density at radius 3 is 2.67 bits per heavy atom. The van der Waals surface area contributed by atoms with Crippen LogP contribution in [0, 0.1) is 0 Å². The molecule has 6 nitrogen and oxygen atoms in total. The van der Waals surface area contributed by atoms with Crippen LogP contribution in [0.25, 0.3) is 11.3 Å². The van der Waals surface area contributed by atoms with Gasteiger partial charge in [-0.1, -0.05) is 12.1 Å². The first-order valence-corrected chi connectivity index (χ1v) is 8.25. The molecule has 1 aliphatic heterocycles. The van der Waals surface area contributed by atoms with Crippen LogP contribution in [0.2, 0.25) is 0 Å². The maximum absolute atomic E-state index is 12.1. The van der Waals surface area contributed by atoms with Gasteiger partial charge in [-0.05, 0) is 51.0 Å². The zero-order chi connectivity index (χ0) is 17.2. The lowest BCUT2D eigenvalue weighted by Crippen LogP contribution is -2.36. The molecule has 1 aromatic carbocycles. The van der Waals surface area contributed by atoms with Crippen molar-refractivity contribution in [3.8, 4) is 11.3 Å². The largest absolute Gasteiger partial charge is 0.444 e. The number of carbonyl (C=O) groups excluding carboxylic acids is 1. The first kappa shape index (κ1) is 16.4. The topological polar surface area (TPSA) is 70.2 Å². The highest BCUT2D eigenvalue weighted by molar-refractivity contribution is 5.69. The van der Waals surface area contributed by atoms with Crippen molar-refractivity contribution in [3.05, 3.63) is 36.5 Å². The molecule has 1 fully saturated rings. The summed E-state index contributed by atoms with van der Waals surface area (Å²) in [5.41, 5.74) is 2.69. The lowest BCUT2D eigenvalue weighted by molar-refractivity contribution is 0.0293. The van der Waals surface area contributed by atoms with Crippen LogP contribution in [0.1, 0.15) is 27.2 Å². The monoisotopic (exact) mass is 328 g/mol. The van der Waals surface area contributed by atoms with E-state index in [2.05, 4.69) is 27.6 Å². The maximum atomic E-state index is 12.1. The molecule has 2 N–H and O–H groups in total. The van der Waals surface area contributed by atoms with Crippen molar-refractivity contribution in [2.24, 2.45) is 0 Å². The molecule has 24 heavy (non-hydrogen) atoms. The van der Waals surface area contributed by atoms with Crippen molar-refractivity contribution in [2.75, 3.05) is 18.4 Å². The maximum Gasteiger partial charge on any atom is 0.410 e. The number of rotatable bonds is 3. The van der Waals surface area contributed by atoms with Crippen molar-refractivity contribution in [1.82, 2.24) is 15.1 Å². The minimum absolute atomic E-state index is 0.235. The molecule has 2 aromatic rings. The van der Waals surface area contributed by atoms with Crippen LogP contribution < -0.4 is 5.32 Å². The molecule has 1 amide bonds. The minimum atomic E-state index is -0.453. The van der Waals surface area contributed by atoms with Crippen LogP contribution in [-0.2, 0) is 4.74 Å². The number of H-pyrrole nitrogens is 1. The fourth-order valence-electron chi connectivity index (χ4n) is 2.77. The SMILES string of the molecule is CC(C)(C)OC(=O)N1CCC(Nc2ccc(-c3ccn[nH]3)cc2)C1. The highest BCUT2D eigenvalue weighted by atomic mass is 16.6. The first-order chi connectivity index (χ1) is 11.4. The van der Waals surface area contributed by atoms with E-state index in [-0.39, 0.29) is 12.1 Å². The fourth-order valence-corrected chi connectivity index (χ4v) is 2.77. The number of hydrogen-bond acceptors (Lipinski definition) is 4. The van der Waals surface area contributed by atoms with Gasteiger partial charge in [0, 0.05) is 31.0 Å². The fraction of sp³-hybridized carbons (Fsp3) is 0.444.